The van der Waals surface area contributed by atoms with Crippen LogP contribution in [0.15, 0.2) is 119 Å². The van der Waals surface area contributed by atoms with Crippen LogP contribution >= 0.6 is 0 Å². The van der Waals surface area contributed by atoms with Crippen LogP contribution in [0.25, 0.3) is 11.8 Å². The first kappa shape index (κ1) is 25.4. The molecule has 0 atom stereocenters. The molecular formula is C27H24N4O5. The molecule has 36 heavy (non-hydrogen) atoms. The molecule has 182 valence electrons. The van der Waals surface area contributed by atoms with Crippen molar-refractivity contribution in [1.29, 1.82) is 0 Å². The molecule has 0 spiro atoms. The summed E-state index contributed by atoms with van der Waals surface area (Å²) < 4.78 is 0.902. The van der Waals surface area contributed by atoms with Crippen molar-refractivity contribution in [3.8, 4) is 11.6 Å². The normalized spacial score (nSPS) is 15.8. The molecule has 1 saturated heterocycles. The highest BCUT2D eigenvalue weighted by Crippen LogP contribution is 2.15. The van der Waals surface area contributed by atoms with E-state index in [9.17, 15) is 24.3 Å². The van der Waals surface area contributed by atoms with Gasteiger partial charge in [0.15, 0.2) is 0 Å². The van der Waals surface area contributed by atoms with Crippen molar-refractivity contribution in [1.82, 2.24) is 19.8 Å². The first-order valence-electron chi connectivity index (χ1n) is 10.8. The second kappa shape index (κ2) is 11.8. The number of rotatable bonds is 8. The van der Waals surface area contributed by atoms with E-state index in [-0.39, 0.29) is 17.8 Å². The second-order valence-corrected chi connectivity index (χ2v) is 7.31. The number of nitrogens with one attached hydrogen (secondary N) is 2. The van der Waals surface area contributed by atoms with Crippen molar-refractivity contribution >= 4 is 17.9 Å². The van der Waals surface area contributed by atoms with Crippen LogP contribution in [0.5, 0.6) is 5.88 Å². The van der Waals surface area contributed by atoms with Crippen molar-refractivity contribution in [2.45, 2.75) is 0 Å². The number of carbonyl (C=O) groups is 2. The minimum Gasteiger partial charge on any atom is -0.494 e. The molecule has 1 aromatic carbocycles. The number of hydrogen-bond acceptors (Lipinski definition) is 5. The summed E-state index contributed by atoms with van der Waals surface area (Å²) in [5, 5.41) is 12.7. The number of amides is 2. The number of carbonyl (C=O) groups excluding carboxylic acids is 2. The van der Waals surface area contributed by atoms with Crippen molar-refractivity contribution in [3.05, 3.63) is 136 Å². The Bertz CT molecular complexity index is 1450. The summed E-state index contributed by atoms with van der Waals surface area (Å²) in [6.07, 6.45) is 15.1. The van der Waals surface area contributed by atoms with Crippen LogP contribution in [0.1, 0.15) is 5.56 Å². The number of para-hydroxylation sites is 1. The molecule has 3 N–H and O–H groups in total. The fourth-order valence-corrected chi connectivity index (χ4v) is 3.28. The molecule has 1 aliphatic rings. The molecule has 9 heteroatoms. The van der Waals surface area contributed by atoms with Gasteiger partial charge in [0.25, 0.3) is 17.4 Å². The molecule has 9 nitrogen and oxygen atoms in total. The maximum atomic E-state index is 12.8. The van der Waals surface area contributed by atoms with Crippen molar-refractivity contribution in [2.75, 3.05) is 6.67 Å². The molecule has 1 fully saturated rings. The summed E-state index contributed by atoms with van der Waals surface area (Å²) in [7, 11) is 0. The zero-order chi connectivity index (χ0) is 26.1. The SMILES string of the molecule is C=C/C=C\C=C(/C=C)N1CNC(=O)C(=CC=CC=Cc2c(O)[nH]c(=O)n(-c3ccccc3)c2=O)C1=O. The smallest absolute Gasteiger partial charge is 0.335 e. The fourth-order valence-electron chi connectivity index (χ4n) is 3.28. The Morgan fingerprint density at radius 2 is 1.72 bits per heavy atom. The van der Waals surface area contributed by atoms with Crippen LogP contribution in [-0.4, -0.2) is 38.0 Å². The number of H-pyrrole nitrogens is 1. The van der Waals surface area contributed by atoms with Crippen LogP contribution in [-0.2, 0) is 9.59 Å². The molecule has 2 heterocycles. The average molecular weight is 485 g/mol. The number of hydrogen-bond donors (Lipinski definition) is 3. The topological polar surface area (TPSA) is 124 Å². The molecule has 2 amide bonds. The Morgan fingerprint density at radius 3 is 2.42 bits per heavy atom. The van der Waals surface area contributed by atoms with E-state index in [4.69, 9.17) is 0 Å². The zero-order valence-electron chi connectivity index (χ0n) is 19.3. The van der Waals surface area contributed by atoms with Crippen molar-refractivity contribution in [2.24, 2.45) is 0 Å². The second-order valence-electron chi connectivity index (χ2n) is 7.31. The predicted molar refractivity (Wildman–Crippen MR) is 138 cm³/mol. The molecule has 0 aliphatic carbocycles. The van der Waals surface area contributed by atoms with Gasteiger partial charge < -0.3 is 10.4 Å². The zero-order valence-corrected chi connectivity index (χ0v) is 19.3. The number of allylic oxidation sites excluding steroid dienone is 9. The van der Waals surface area contributed by atoms with Crippen LogP contribution in [0.3, 0.4) is 0 Å². The molecule has 3 rings (SSSR count). The van der Waals surface area contributed by atoms with Gasteiger partial charge in [-0.05, 0) is 36.4 Å². The maximum absolute atomic E-state index is 12.8. The fraction of sp³-hybridized carbons (Fsp3) is 0.0370. The van der Waals surface area contributed by atoms with Gasteiger partial charge in [0.2, 0.25) is 5.88 Å². The Labute approximate surface area is 206 Å². The lowest BCUT2D eigenvalue weighted by Gasteiger charge is -2.29. The molecule has 0 bridgehead atoms. The van der Waals surface area contributed by atoms with E-state index in [1.165, 1.54) is 41.4 Å². The third-order valence-corrected chi connectivity index (χ3v) is 5.03. The lowest BCUT2D eigenvalue weighted by molar-refractivity contribution is -0.133. The highest BCUT2D eigenvalue weighted by molar-refractivity contribution is 6.20. The van der Waals surface area contributed by atoms with Gasteiger partial charge in [0.05, 0.1) is 12.4 Å². The van der Waals surface area contributed by atoms with Gasteiger partial charge in [-0.1, -0.05) is 67.8 Å². The maximum Gasteiger partial charge on any atom is 0.335 e. The molecule has 0 unspecified atom stereocenters. The lowest BCUT2D eigenvalue weighted by Crippen LogP contribution is -2.49. The molecule has 1 aromatic heterocycles. The van der Waals surface area contributed by atoms with E-state index in [0.29, 0.717) is 11.4 Å². The minimum absolute atomic E-state index is 0.00240. The number of aromatic hydroxyl groups is 1. The van der Waals surface area contributed by atoms with Crippen LogP contribution < -0.4 is 16.6 Å². The highest BCUT2D eigenvalue weighted by atomic mass is 16.3. The molecule has 1 aliphatic heterocycles. The Morgan fingerprint density at radius 1 is 0.972 bits per heavy atom. The molecule has 0 saturated carbocycles. The molecular weight excluding hydrogens is 460 g/mol. The van der Waals surface area contributed by atoms with Gasteiger partial charge in [-0.3, -0.25) is 24.3 Å². The summed E-state index contributed by atoms with van der Waals surface area (Å²) in [6.45, 7) is 7.29. The van der Waals surface area contributed by atoms with Gasteiger partial charge in [-0.25, -0.2) is 9.36 Å². The van der Waals surface area contributed by atoms with Gasteiger partial charge in [0, 0.05) is 5.70 Å². The van der Waals surface area contributed by atoms with Crippen molar-refractivity contribution < 1.29 is 14.7 Å². The largest absolute Gasteiger partial charge is 0.494 e. The third kappa shape index (κ3) is 5.65. The quantitative estimate of drug-likeness (QED) is 0.302. The lowest BCUT2D eigenvalue weighted by atomic mass is 10.1. The number of nitrogens with zero attached hydrogens (tertiary/aromatic N) is 2. The van der Waals surface area contributed by atoms with Gasteiger partial charge in [-0.2, -0.15) is 0 Å². The summed E-state index contributed by atoms with van der Waals surface area (Å²) in [4.78, 5) is 53.7. The Kier molecular flexibility index (Phi) is 8.34. The van der Waals surface area contributed by atoms with Crippen LogP contribution in [0.2, 0.25) is 0 Å². The number of aromatic amines is 1. The Hall–Kier alpha value is -5.18. The monoisotopic (exact) mass is 484 g/mol. The summed E-state index contributed by atoms with van der Waals surface area (Å²) in [6, 6.07) is 8.27. The van der Waals surface area contributed by atoms with E-state index in [0.717, 1.165) is 4.57 Å². The van der Waals surface area contributed by atoms with Crippen molar-refractivity contribution in [3.63, 3.8) is 0 Å². The summed E-state index contributed by atoms with van der Waals surface area (Å²) in [5.41, 5.74) is -0.877. The standard InChI is InChI=1S/C27H24N4O5/c1-3-5-8-13-19(4-2)30-18-28-23(32)21(25(30)34)16-11-7-12-17-22-24(33)29-27(36)31(26(22)35)20-14-9-6-10-15-20/h3-17,33H,1-2,18H2,(H,28,32)(H,29,36)/b8-5-,11-7?,17-12?,19-13+,21-16?. The predicted octanol–water partition coefficient (Wildman–Crippen LogP) is 2.46. The van der Waals surface area contributed by atoms with E-state index in [1.54, 1.807) is 54.6 Å². The number of aromatic nitrogens is 2. The van der Waals surface area contributed by atoms with E-state index >= 15 is 0 Å². The van der Waals surface area contributed by atoms with Gasteiger partial charge in [0.1, 0.15) is 11.1 Å². The summed E-state index contributed by atoms with van der Waals surface area (Å²) >= 11 is 0. The highest BCUT2D eigenvalue weighted by Gasteiger charge is 2.30. The number of benzene rings is 1. The van der Waals surface area contributed by atoms with Crippen LogP contribution in [0.4, 0.5) is 0 Å². The molecule has 2 aromatic rings. The minimum atomic E-state index is -0.777. The summed E-state index contributed by atoms with van der Waals surface area (Å²) in [5.74, 6) is -1.61. The van der Waals surface area contributed by atoms with Gasteiger partial charge in [-0.15, -0.1) is 0 Å². The van der Waals surface area contributed by atoms with Gasteiger partial charge >= 0.3 is 5.69 Å². The molecule has 0 radical (unpaired) electrons. The average Bonchev–Trinajstić information content (AvgIpc) is 2.86. The van der Waals surface area contributed by atoms with E-state index < -0.39 is 28.9 Å². The van der Waals surface area contributed by atoms with E-state index in [2.05, 4.69) is 23.5 Å². The first-order chi connectivity index (χ1) is 17.4. The Balaban J connectivity index is 1.84. The van der Waals surface area contributed by atoms with E-state index in [1.807, 2.05) is 0 Å². The third-order valence-electron chi connectivity index (χ3n) is 5.03. The first-order valence-corrected chi connectivity index (χ1v) is 10.8. The van der Waals surface area contributed by atoms with Crippen LogP contribution in [0, 0.1) is 0 Å².